The van der Waals surface area contributed by atoms with Gasteiger partial charge in [0, 0.05) is 152 Å². The van der Waals surface area contributed by atoms with Crippen molar-refractivity contribution in [2.45, 2.75) is 214 Å². The molecule has 20 nitrogen and oxygen atoms in total. The van der Waals surface area contributed by atoms with Gasteiger partial charge in [0.15, 0.2) is 0 Å². The number of aliphatic hydroxyl groups is 2. The maximum atomic E-state index is 12.2. The smallest absolute Gasteiger partial charge is 1.00 e. The minimum Gasteiger partial charge on any atom is -1.00 e. The molecule has 0 aromatic carbocycles. The molecule has 84 heavy (non-hydrogen) atoms. The number of alkyl halides is 1. The van der Waals surface area contributed by atoms with Gasteiger partial charge in [-0.25, -0.2) is 24.5 Å². The molecular weight excluding hydrogens is 1170 g/mol. The summed E-state index contributed by atoms with van der Waals surface area (Å²) in [6.45, 7) is 39.1. The first-order valence-electron chi connectivity index (χ1n) is 28.3. The molecule has 3 aromatic rings. The molecule has 0 unspecified atom stereocenters. The van der Waals surface area contributed by atoms with E-state index < -0.39 is 46.6 Å². The van der Waals surface area contributed by atoms with Crippen LogP contribution in [0, 0.1) is 0 Å². The predicted octanol–water partition coefficient (Wildman–Crippen LogP) is 9.50. The number of piperidine rings is 3. The zero-order valence-corrected chi connectivity index (χ0v) is 59.4. The zero-order chi connectivity index (χ0) is 60.1. The second-order valence-electron chi connectivity index (χ2n) is 26.0. The van der Waals surface area contributed by atoms with E-state index in [-0.39, 0.29) is 76.2 Å². The molecule has 3 saturated heterocycles. The number of amides is 2. The third-order valence-corrected chi connectivity index (χ3v) is 17.6. The van der Waals surface area contributed by atoms with E-state index in [1.165, 1.54) is 12.1 Å². The van der Waals surface area contributed by atoms with E-state index >= 15 is 0 Å². The number of carbonyl (C=O) groups is 3. The summed E-state index contributed by atoms with van der Waals surface area (Å²) in [6.07, 6.45) is 21.7. The Labute approximate surface area is 544 Å². The summed E-state index contributed by atoms with van der Waals surface area (Å²) in [6, 6.07) is 3.87. The van der Waals surface area contributed by atoms with Crippen LogP contribution in [0.1, 0.15) is 114 Å². The van der Waals surface area contributed by atoms with Crippen LogP contribution >= 0.6 is 24.0 Å². The molecule has 3 aromatic heterocycles. The number of nitrogens with zero attached hydrogens (tertiary/aromatic N) is 8. The minimum atomic E-state index is -1.12. The average Bonchev–Trinajstić information content (AvgIpc) is 4.22. The maximum absolute atomic E-state index is 12.2. The van der Waals surface area contributed by atoms with E-state index in [0.717, 1.165) is 58.2 Å². The van der Waals surface area contributed by atoms with Crippen LogP contribution in [-0.2, 0) is 53.1 Å². The minimum absolute atomic E-state index is 0. The van der Waals surface area contributed by atoms with Crippen LogP contribution in [0.3, 0.4) is 0 Å². The van der Waals surface area contributed by atoms with Crippen LogP contribution in [0.25, 0.3) is 0 Å². The van der Waals surface area contributed by atoms with Crippen molar-refractivity contribution in [3.05, 3.63) is 67.4 Å². The van der Waals surface area contributed by atoms with E-state index in [9.17, 15) is 24.6 Å². The Hall–Kier alpha value is -2.76. The molecule has 482 valence electrons. The number of ketones is 1. The molecule has 4 aliphatic heterocycles. The van der Waals surface area contributed by atoms with E-state index in [2.05, 4.69) is 89.2 Å². The number of aliphatic imine (C=N–C) groups is 1. The fourth-order valence-electron chi connectivity index (χ4n) is 7.48. The summed E-state index contributed by atoms with van der Waals surface area (Å²) in [5.41, 5.74) is -2.76. The molecule has 26 heteroatoms. The number of imidazole rings is 3. The number of hydrogen-bond donors (Lipinski definition) is 4. The van der Waals surface area contributed by atoms with Gasteiger partial charge in [0.25, 0.3) is 0 Å². The van der Waals surface area contributed by atoms with Gasteiger partial charge in [-0.05, 0) is 85.6 Å². The number of aromatic amines is 1. The van der Waals surface area contributed by atoms with Gasteiger partial charge < -0.3 is 64.6 Å². The van der Waals surface area contributed by atoms with Crippen molar-refractivity contribution < 1.29 is 79.3 Å². The molecule has 0 saturated carbocycles. The van der Waals surface area contributed by atoms with Gasteiger partial charge in [0.05, 0.1) is 6.33 Å². The molecule has 0 bridgehead atoms. The van der Waals surface area contributed by atoms with Crippen molar-refractivity contribution in [2.24, 2.45) is 4.99 Å². The summed E-state index contributed by atoms with van der Waals surface area (Å²) in [7, 11) is -2.93. The third kappa shape index (κ3) is 39.9. The Kier molecular flexibility index (Phi) is 42.9. The molecule has 7 heterocycles. The van der Waals surface area contributed by atoms with Crippen molar-refractivity contribution in [3.8, 4) is 0 Å². The van der Waals surface area contributed by atoms with Crippen molar-refractivity contribution in [2.75, 3.05) is 65.2 Å². The summed E-state index contributed by atoms with van der Waals surface area (Å²) in [5.74, 6) is 1.54. The summed E-state index contributed by atoms with van der Waals surface area (Å²) in [4.78, 5) is 57.0. The molecule has 2 amide bonds. The van der Waals surface area contributed by atoms with Crippen molar-refractivity contribution >= 4 is 72.4 Å². The van der Waals surface area contributed by atoms with Gasteiger partial charge in [0.2, 0.25) is 0 Å². The number of allylic oxidation sites excluding steroid dienone is 1. The number of ether oxygens (including phenoxy) is 5. The number of Topliss-reactive ketones (excluding diaryl/α,β-unsaturated/α-hetero) is 1. The van der Waals surface area contributed by atoms with Crippen molar-refractivity contribution in [1.82, 2.24) is 44.2 Å². The fourth-order valence-corrected chi connectivity index (χ4v) is 9.86. The Morgan fingerprint density at radius 1 is 0.702 bits per heavy atom. The van der Waals surface area contributed by atoms with Gasteiger partial charge in [0.1, 0.15) is 59.4 Å². The molecular formula is C58H113Cl2N10NaO10Si3. The van der Waals surface area contributed by atoms with Gasteiger partial charge >= 0.3 is 41.7 Å². The van der Waals surface area contributed by atoms with E-state index in [4.69, 9.17) is 35.3 Å². The zero-order valence-electron chi connectivity index (χ0n) is 53.9. The summed E-state index contributed by atoms with van der Waals surface area (Å²) >= 11 is 5.32. The number of H-pyrrole nitrogens is 1. The number of carbonyl (C=O) groups excluding carboxylic acids is 3. The summed E-state index contributed by atoms with van der Waals surface area (Å²) in [5, 5.41) is 24.4. The van der Waals surface area contributed by atoms with Crippen LogP contribution in [-0.4, -0.2) is 174 Å². The van der Waals surface area contributed by atoms with Crippen LogP contribution in [0.4, 0.5) is 9.59 Å². The van der Waals surface area contributed by atoms with Gasteiger partial charge in [-0.2, -0.15) is 0 Å². The van der Waals surface area contributed by atoms with Crippen molar-refractivity contribution in [3.63, 3.8) is 0 Å². The van der Waals surface area contributed by atoms with E-state index in [0.29, 0.717) is 83.0 Å². The van der Waals surface area contributed by atoms with Crippen molar-refractivity contribution in [1.29, 1.82) is 0 Å². The largest absolute Gasteiger partial charge is 1.00 e. The first-order valence-corrected chi connectivity index (χ1v) is 39.9. The monoisotopic (exact) mass is 1290 g/mol. The molecule has 0 radical (unpaired) electrons. The van der Waals surface area contributed by atoms with Crippen LogP contribution < -0.4 is 34.9 Å². The quantitative estimate of drug-likeness (QED) is 0.0595. The normalized spacial score (nSPS) is 16.1. The summed E-state index contributed by atoms with van der Waals surface area (Å²) < 4.78 is 30.7. The fraction of sp³-hybridized carbons (Fsp3) is 0.741. The Bertz CT molecular complexity index is 2220. The van der Waals surface area contributed by atoms with E-state index in [1.807, 2.05) is 75.4 Å². The van der Waals surface area contributed by atoms with E-state index in [1.54, 1.807) is 47.1 Å². The maximum Gasteiger partial charge on any atom is 1.00 e. The molecule has 7 rings (SSSR count). The van der Waals surface area contributed by atoms with Crippen LogP contribution in [0.5, 0.6) is 0 Å². The first-order chi connectivity index (χ1) is 37.2. The third-order valence-electron chi connectivity index (χ3n) is 12.4. The Balaban J connectivity index is -0.000000489. The Morgan fingerprint density at radius 2 is 1.20 bits per heavy atom. The first kappa shape index (κ1) is 85.4. The molecule has 3 fully saturated rings. The second-order valence-corrected chi connectivity index (χ2v) is 43.1. The topological polar surface area (TPSA) is 233 Å². The predicted molar refractivity (Wildman–Crippen MR) is 349 cm³/mol. The number of aromatic nitrogens is 6. The number of halogens is 2. The number of hydrogen-bond acceptors (Lipinski definition) is 15. The molecule has 4 N–H and O–H groups in total. The SMILES string of the molecule is C.C.C1=CN=CC1.CC(C)(C)OC(=O)N1CCC(=O)CC1.CC(C)(C)OC(=O)N1CCC(O)(c2nccn2COCC[Si](C)(C)C)CC1.C[Si](C)(C)CCOCCl.C[Si](C)(C)CCOCn1ccnc1.Cl.OC1(c2ncc[nH]2)CCNCC1.[H-].[Na+]. The Morgan fingerprint density at radius 3 is 1.61 bits per heavy atom. The number of likely N-dealkylation sites (tertiary alicyclic amines) is 2. The van der Waals surface area contributed by atoms with Gasteiger partial charge in [-0.15, -0.1) is 12.4 Å². The standard InChI is InChI=1S/C19H35N3O4Si.C10H17NO3.C9H18N2OSi.C8H13N3O.C6H15ClOSi.C4H5N.2CH4.ClH.Na.H/c1-18(2,3)26-17(23)21-10-7-19(24,8-11-21)16-20-9-12-22(16)15-25-13-14-27(4,5)6;1-10(2,3)14-9(13)11-6-4-8(12)5-7-11;1-13(2,3)7-6-12-9-11-5-4-10-8-11;12-8(1-3-9-4-2-8)7-10-5-6-11-7;1-9(2,3)5-4-8-6-7;1-2-4-5-3-1;;;;;/h9,12,24H,7-8,10-11,13-15H2,1-6H3;4-7H2,1-3H3;4-5,8H,6-7,9H2,1-3H3;5-6,9,12H,1-4H2,(H,10,11);4-6H2,1-3H3;1,3-4H,2H2;2*1H4;1H;;/q;;;;;;;;;+1;-1. The molecule has 0 atom stereocenters. The number of nitrogens with one attached hydrogen (secondary N) is 2. The second kappa shape index (κ2) is 42.2. The number of rotatable bonds is 16. The molecule has 0 aliphatic carbocycles. The van der Waals surface area contributed by atoms with Gasteiger partial charge in [-0.3, -0.25) is 9.79 Å². The van der Waals surface area contributed by atoms with Crippen LogP contribution in [0.15, 0.2) is 60.8 Å². The van der Waals surface area contributed by atoms with Crippen LogP contribution in [0.2, 0.25) is 77.1 Å². The molecule has 4 aliphatic rings. The molecule has 0 spiro atoms. The van der Waals surface area contributed by atoms with Gasteiger partial charge in [-0.1, -0.05) is 91.5 Å². The average molecular weight is 1290 g/mol.